The third kappa shape index (κ3) is 4.10. The Morgan fingerprint density at radius 1 is 0.935 bits per heavy atom. The number of hydrogen-bond acceptors (Lipinski definition) is 5. The number of ether oxygens (including phenoxy) is 1. The van der Waals surface area contributed by atoms with Gasteiger partial charge in [-0.05, 0) is 35.2 Å². The van der Waals surface area contributed by atoms with Gasteiger partial charge < -0.3 is 15.4 Å². The second kappa shape index (κ2) is 8.52. The highest BCUT2D eigenvalue weighted by atomic mass is 16.5. The van der Waals surface area contributed by atoms with Gasteiger partial charge in [-0.3, -0.25) is 0 Å². The number of hydrogen-bond donors (Lipinski definition) is 2. The lowest BCUT2D eigenvalue weighted by atomic mass is 9.93. The van der Waals surface area contributed by atoms with Gasteiger partial charge in [-0.1, -0.05) is 72.8 Å². The summed E-state index contributed by atoms with van der Waals surface area (Å²) in [5, 5.41) is 11.7. The zero-order valence-electron chi connectivity index (χ0n) is 17.4. The van der Waals surface area contributed by atoms with E-state index >= 15 is 0 Å². The van der Waals surface area contributed by atoms with Crippen LogP contribution in [0.1, 0.15) is 35.2 Å². The van der Waals surface area contributed by atoms with E-state index in [1.807, 2.05) is 41.1 Å². The van der Waals surface area contributed by atoms with Crippen LogP contribution in [-0.2, 0) is 6.54 Å². The van der Waals surface area contributed by atoms with Gasteiger partial charge in [-0.2, -0.15) is 4.98 Å². The van der Waals surface area contributed by atoms with Crippen molar-refractivity contribution in [3.8, 4) is 5.75 Å². The van der Waals surface area contributed by atoms with Crippen molar-refractivity contribution < 1.29 is 4.74 Å². The zero-order valence-corrected chi connectivity index (χ0v) is 17.4. The molecule has 2 N–H and O–H groups in total. The van der Waals surface area contributed by atoms with Crippen LogP contribution in [0.3, 0.4) is 0 Å². The van der Waals surface area contributed by atoms with Crippen molar-refractivity contribution >= 4 is 11.9 Å². The van der Waals surface area contributed by atoms with Gasteiger partial charge in [0.15, 0.2) is 0 Å². The second-order valence-corrected chi connectivity index (χ2v) is 7.68. The fourth-order valence-corrected chi connectivity index (χ4v) is 4.04. The maximum Gasteiger partial charge on any atom is 0.244 e. The Balaban J connectivity index is 1.46. The van der Waals surface area contributed by atoms with Gasteiger partial charge in [0.05, 0.1) is 19.2 Å². The van der Waals surface area contributed by atoms with Crippen molar-refractivity contribution in [3.05, 3.63) is 102 Å². The molecule has 2 heterocycles. The molecule has 6 heteroatoms. The maximum atomic E-state index is 5.34. The Bertz CT molecular complexity index is 1130. The van der Waals surface area contributed by atoms with Crippen LogP contribution in [0.25, 0.3) is 0 Å². The first-order chi connectivity index (χ1) is 15.3. The first-order valence-corrected chi connectivity index (χ1v) is 10.5. The molecule has 0 aliphatic carbocycles. The summed E-state index contributed by atoms with van der Waals surface area (Å²) in [5.74, 6) is 2.25. The van der Waals surface area contributed by atoms with Crippen LogP contribution in [-0.4, -0.2) is 21.9 Å². The molecule has 0 saturated heterocycles. The van der Waals surface area contributed by atoms with Crippen LogP contribution >= 0.6 is 0 Å². The average molecular weight is 412 g/mol. The highest BCUT2D eigenvalue weighted by Gasteiger charge is 2.31. The maximum absolute atomic E-state index is 5.34. The normalized spacial score (nSPS) is 17.5. The Morgan fingerprint density at radius 2 is 1.65 bits per heavy atom. The van der Waals surface area contributed by atoms with Crippen molar-refractivity contribution in [2.75, 3.05) is 17.7 Å². The molecule has 3 aromatic carbocycles. The molecule has 0 spiro atoms. The number of aromatic nitrogens is 3. The number of anilines is 2. The monoisotopic (exact) mass is 411 g/mol. The van der Waals surface area contributed by atoms with E-state index in [0.717, 1.165) is 18.1 Å². The Hall–Kier alpha value is -3.80. The molecule has 1 aliphatic heterocycles. The fourth-order valence-electron chi connectivity index (χ4n) is 4.04. The lowest BCUT2D eigenvalue weighted by Gasteiger charge is -2.31. The fraction of sp³-hybridized carbons (Fsp3) is 0.200. The molecule has 0 amide bonds. The van der Waals surface area contributed by atoms with Crippen LogP contribution < -0.4 is 15.4 Å². The summed E-state index contributed by atoms with van der Waals surface area (Å²) in [7, 11) is 1.69. The first kappa shape index (κ1) is 19.2. The number of benzene rings is 3. The Labute approximate surface area is 181 Å². The van der Waals surface area contributed by atoms with E-state index in [-0.39, 0.29) is 12.1 Å². The lowest BCUT2D eigenvalue weighted by molar-refractivity contribution is 0.411. The summed E-state index contributed by atoms with van der Waals surface area (Å²) in [5.41, 5.74) is 3.62. The highest BCUT2D eigenvalue weighted by molar-refractivity contribution is 5.44. The summed E-state index contributed by atoms with van der Waals surface area (Å²) in [6, 6.07) is 29.2. The predicted molar refractivity (Wildman–Crippen MR) is 122 cm³/mol. The quantitative estimate of drug-likeness (QED) is 0.465. The van der Waals surface area contributed by atoms with Crippen LogP contribution in [0.2, 0.25) is 0 Å². The predicted octanol–water partition coefficient (Wildman–Crippen LogP) is 5.05. The van der Waals surface area contributed by atoms with Crippen LogP contribution in [0, 0.1) is 0 Å². The molecule has 2 atom stereocenters. The molecule has 1 aromatic heterocycles. The molecule has 0 saturated carbocycles. The topological polar surface area (TPSA) is 64.0 Å². The summed E-state index contributed by atoms with van der Waals surface area (Å²) >= 11 is 0. The van der Waals surface area contributed by atoms with Crippen molar-refractivity contribution in [2.24, 2.45) is 0 Å². The van der Waals surface area contributed by atoms with Gasteiger partial charge in [0.1, 0.15) is 5.75 Å². The largest absolute Gasteiger partial charge is 0.497 e. The van der Waals surface area contributed by atoms with Gasteiger partial charge in [-0.15, -0.1) is 5.10 Å². The third-order valence-electron chi connectivity index (χ3n) is 5.68. The lowest BCUT2D eigenvalue weighted by Crippen LogP contribution is -2.28. The summed E-state index contributed by atoms with van der Waals surface area (Å²) < 4.78 is 7.33. The van der Waals surface area contributed by atoms with Crippen molar-refractivity contribution in [3.63, 3.8) is 0 Å². The molecule has 4 aromatic rings. The van der Waals surface area contributed by atoms with Gasteiger partial charge in [0, 0.05) is 6.54 Å². The molecule has 0 bridgehead atoms. The SMILES string of the molecule is COc1ccc(C2CC(c3ccccc3)Nc3nc(NCc4ccccc4)nn32)cc1. The molecule has 0 fully saturated rings. The molecule has 5 rings (SSSR count). The Morgan fingerprint density at radius 3 is 2.35 bits per heavy atom. The highest BCUT2D eigenvalue weighted by Crippen LogP contribution is 2.38. The van der Waals surface area contributed by atoms with E-state index in [1.54, 1.807) is 7.11 Å². The zero-order chi connectivity index (χ0) is 21.0. The van der Waals surface area contributed by atoms with E-state index in [0.29, 0.717) is 12.5 Å². The number of fused-ring (bicyclic) bond motifs is 1. The number of nitrogens with zero attached hydrogens (tertiary/aromatic N) is 3. The summed E-state index contributed by atoms with van der Waals surface area (Å²) in [4.78, 5) is 4.76. The van der Waals surface area contributed by atoms with E-state index in [2.05, 4.69) is 59.2 Å². The van der Waals surface area contributed by atoms with Crippen molar-refractivity contribution in [1.29, 1.82) is 0 Å². The molecular weight excluding hydrogens is 386 g/mol. The molecule has 31 heavy (non-hydrogen) atoms. The van der Waals surface area contributed by atoms with E-state index < -0.39 is 0 Å². The first-order valence-electron chi connectivity index (χ1n) is 10.5. The van der Waals surface area contributed by atoms with E-state index in [1.165, 1.54) is 16.7 Å². The number of methoxy groups -OCH3 is 1. The number of rotatable bonds is 6. The average Bonchev–Trinajstić information content (AvgIpc) is 3.26. The molecule has 6 nitrogen and oxygen atoms in total. The van der Waals surface area contributed by atoms with Gasteiger partial charge in [0.25, 0.3) is 0 Å². The second-order valence-electron chi connectivity index (χ2n) is 7.68. The molecule has 156 valence electrons. The van der Waals surface area contributed by atoms with Gasteiger partial charge in [-0.25, -0.2) is 4.68 Å². The molecule has 0 radical (unpaired) electrons. The van der Waals surface area contributed by atoms with Crippen molar-refractivity contribution in [1.82, 2.24) is 14.8 Å². The van der Waals surface area contributed by atoms with Gasteiger partial charge in [0.2, 0.25) is 11.9 Å². The van der Waals surface area contributed by atoms with Crippen LogP contribution in [0.4, 0.5) is 11.9 Å². The number of nitrogens with one attached hydrogen (secondary N) is 2. The van der Waals surface area contributed by atoms with Crippen LogP contribution in [0.5, 0.6) is 5.75 Å². The summed E-state index contributed by atoms with van der Waals surface area (Å²) in [6.07, 6.45) is 0.880. The molecular formula is C25H25N5O. The smallest absolute Gasteiger partial charge is 0.244 e. The van der Waals surface area contributed by atoms with Crippen molar-refractivity contribution in [2.45, 2.75) is 25.0 Å². The van der Waals surface area contributed by atoms with Gasteiger partial charge >= 0.3 is 0 Å². The molecule has 2 unspecified atom stereocenters. The van der Waals surface area contributed by atoms with E-state index in [4.69, 9.17) is 14.8 Å². The molecule has 1 aliphatic rings. The summed E-state index contributed by atoms with van der Waals surface area (Å²) in [6.45, 7) is 0.680. The standard InChI is InChI=1S/C25H25N5O/c1-31-21-14-12-20(13-15-21)23-16-22(19-10-6-3-7-11-19)27-25-28-24(29-30(23)25)26-17-18-8-4-2-5-9-18/h2-15,22-23H,16-17H2,1H3,(H2,26,27,28,29). The third-order valence-corrected chi connectivity index (χ3v) is 5.68. The minimum absolute atomic E-state index is 0.0761. The van der Waals surface area contributed by atoms with E-state index in [9.17, 15) is 0 Å². The minimum atomic E-state index is 0.0761. The minimum Gasteiger partial charge on any atom is -0.497 e. The Kier molecular flexibility index (Phi) is 5.27. The van der Waals surface area contributed by atoms with Crippen LogP contribution in [0.15, 0.2) is 84.9 Å².